The summed E-state index contributed by atoms with van der Waals surface area (Å²) in [5, 5.41) is 13.7. The number of aryl methyl sites for hydroxylation is 1. The number of aromatic nitrogens is 2. The van der Waals surface area contributed by atoms with Crippen molar-refractivity contribution in [2.24, 2.45) is 0 Å². The average Bonchev–Trinajstić information content (AvgIpc) is 3.12. The van der Waals surface area contributed by atoms with Gasteiger partial charge in [0, 0.05) is 27.5 Å². The van der Waals surface area contributed by atoms with Crippen molar-refractivity contribution in [2.75, 3.05) is 5.32 Å². The van der Waals surface area contributed by atoms with Gasteiger partial charge in [-0.2, -0.15) is 0 Å². The maximum Gasteiger partial charge on any atom is 0.161 e. The molecule has 2 aromatic carbocycles. The number of benzene rings is 2. The first-order chi connectivity index (χ1) is 13.1. The third-order valence-electron chi connectivity index (χ3n) is 4.76. The zero-order valence-corrected chi connectivity index (χ0v) is 16.0. The monoisotopic (exact) mass is 379 g/mol. The van der Waals surface area contributed by atoms with E-state index in [1.165, 1.54) is 5.56 Å². The summed E-state index contributed by atoms with van der Waals surface area (Å²) >= 11 is 6.14. The first kappa shape index (κ1) is 18.0. The Morgan fingerprint density at radius 1 is 1.11 bits per heavy atom. The predicted molar refractivity (Wildman–Crippen MR) is 110 cm³/mol. The highest BCUT2D eigenvalue weighted by atomic mass is 35.5. The van der Waals surface area contributed by atoms with Crippen LogP contribution in [0.1, 0.15) is 30.2 Å². The third kappa shape index (κ3) is 4.12. The Hall–Kier alpha value is -2.43. The van der Waals surface area contributed by atoms with Crippen LogP contribution >= 0.6 is 11.6 Å². The zero-order chi connectivity index (χ0) is 18.8. The van der Waals surface area contributed by atoms with E-state index in [1.54, 1.807) is 6.92 Å². The second-order valence-electron chi connectivity index (χ2n) is 7.06. The van der Waals surface area contributed by atoms with Crippen LogP contribution in [0.25, 0.3) is 11.4 Å². The molecule has 3 aromatic rings. The molecule has 27 heavy (non-hydrogen) atoms. The number of hydrogen-bond acceptors (Lipinski definition) is 4. The summed E-state index contributed by atoms with van der Waals surface area (Å²) in [5.41, 5.74) is 5.34. The molecule has 0 aliphatic heterocycles. The van der Waals surface area contributed by atoms with Crippen molar-refractivity contribution in [3.8, 4) is 11.4 Å². The van der Waals surface area contributed by atoms with E-state index in [4.69, 9.17) is 21.6 Å². The van der Waals surface area contributed by atoms with E-state index in [9.17, 15) is 5.11 Å². The van der Waals surface area contributed by atoms with E-state index in [2.05, 4.69) is 5.32 Å². The number of nitrogens with zero attached hydrogens (tertiary/aromatic N) is 2. The van der Waals surface area contributed by atoms with Crippen molar-refractivity contribution in [3.63, 3.8) is 0 Å². The number of aliphatic hydroxyl groups is 1. The van der Waals surface area contributed by atoms with Crippen molar-refractivity contribution >= 4 is 23.1 Å². The number of nitrogens with one attached hydrogen (secondary N) is 1. The molecule has 0 bridgehead atoms. The van der Waals surface area contributed by atoms with Gasteiger partial charge in [0.15, 0.2) is 5.82 Å². The van der Waals surface area contributed by atoms with Crippen LogP contribution in [0, 0.1) is 0 Å². The molecule has 0 radical (unpaired) electrons. The molecule has 0 spiro atoms. The molecule has 138 valence electrons. The van der Waals surface area contributed by atoms with Crippen LogP contribution in [0.15, 0.2) is 48.5 Å². The molecular formula is C22H22ClN3O. The number of aliphatic hydroxyl groups excluding tert-OH is 1. The van der Waals surface area contributed by atoms with Crippen molar-refractivity contribution < 1.29 is 5.11 Å². The van der Waals surface area contributed by atoms with Crippen LogP contribution in [-0.2, 0) is 19.3 Å². The quantitative estimate of drug-likeness (QED) is 0.658. The van der Waals surface area contributed by atoms with Gasteiger partial charge in [-0.25, -0.2) is 9.97 Å². The second-order valence-corrected chi connectivity index (χ2v) is 7.50. The minimum Gasteiger partial charge on any atom is -0.393 e. The van der Waals surface area contributed by atoms with Crippen LogP contribution in [-0.4, -0.2) is 21.2 Å². The smallest absolute Gasteiger partial charge is 0.161 e. The van der Waals surface area contributed by atoms with E-state index in [1.807, 2.05) is 48.5 Å². The van der Waals surface area contributed by atoms with Gasteiger partial charge in [0.1, 0.15) is 5.82 Å². The fraction of sp³-hybridized carbons (Fsp3) is 0.273. The summed E-state index contributed by atoms with van der Waals surface area (Å²) in [6.45, 7) is 1.80. The predicted octanol–water partition coefficient (Wildman–Crippen LogP) is 4.95. The van der Waals surface area contributed by atoms with E-state index >= 15 is 0 Å². The van der Waals surface area contributed by atoms with Gasteiger partial charge in [0.2, 0.25) is 0 Å². The normalized spacial score (nSPS) is 14.0. The van der Waals surface area contributed by atoms with Gasteiger partial charge in [0.05, 0.1) is 6.10 Å². The fourth-order valence-corrected chi connectivity index (χ4v) is 3.68. The van der Waals surface area contributed by atoms with E-state index in [0.717, 1.165) is 47.6 Å². The molecule has 1 aliphatic carbocycles. The van der Waals surface area contributed by atoms with E-state index in [-0.39, 0.29) is 6.10 Å². The van der Waals surface area contributed by atoms with Gasteiger partial charge in [-0.1, -0.05) is 35.9 Å². The first-order valence-electron chi connectivity index (χ1n) is 9.28. The van der Waals surface area contributed by atoms with Crippen molar-refractivity contribution in [1.82, 2.24) is 9.97 Å². The third-order valence-corrected chi connectivity index (χ3v) is 5.00. The van der Waals surface area contributed by atoms with E-state index in [0.29, 0.717) is 17.3 Å². The van der Waals surface area contributed by atoms with Crippen molar-refractivity contribution in [1.29, 1.82) is 0 Å². The molecule has 2 N–H and O–H groups in total. The summed E-state index contributed by atoms with van der Waals surface area (Å²) < 4.78 is 0. The van der Waals surface area contributed by atoms with Gasteiger partial charge < -0.3 is 10.4 Å². The second kappa shape index (κ2) is 7.67. The zero-order valence-electron chi connectivity index (χ0n) is 15.2. The van der Waals surface area contributed by atoms with Crippen LogP contribution < -0.4 is 5.32 Å². The molecule has 0 fully saturated rings. The number of rotatable bonds is 5. The average molecular weight is 380 g/mol. The lowest BCUT2D eigenvalue weighted by Gasteiger charge is -2.13. The lowest BCUT2D eigenvalue weighted by molar-refractivity contribution is 0.195. The van der Waals surface area contributed by atoms with Crippen LogP contribution in [0.3, 0.4) is 0 Å². The Morgan fingerprint density at radius 2 is 1.93 bits per heavy atom. The highest BCUT2D eigenvalue weighted by Gasteiger charge is 2.20. The van der Waals surface area contributed by atoms with Crippen LogP contribution in [0.2, 0.25) is 5.02 Å². The highest BCUT2D eigenvalue weighted by molar-refractivity contribution is 6.30. The molecule has 1 aliphatic rings. The Morgan fingerprint density at radius 3 is 2.67 bits per heavy atom. The molecule has 4 rings (SSSR count). The standard InChI is InChI=1S/C22H22ClN3O/c1-14(27)12-15-8-10-18(11-9-15)24-22-19-6-3-7-20(19)25-21(26-22)16-4-2-5-17(23)13-16/h2,4-5,8-11,13-14,27H,3,6-7,12H2,1H3,(H,24,25,26)/t14-/m0/s1. The molecule has 4 nitrogen and oxygen atoms in total. The molecular weight excluding hydrogens is 358 g/mol. The molecule has 5 heteroatoms. The van der Waals surface area contributed by atoms with Crippen LogP contribution in [0.4, 0.5) is 11.5 Å². The molecule has 0 unspecified atom stereocenters. The van der Waals surface area contributed by atoms with Gasteiger partial charge in [-0.05, 0) is 62.4 Å². The number of anilines is 2. The Bertz CT molecular complexity index is 954. The Balaban J connectivity index is 1.66. The molecule has 1 heterocycles. The molecule has 1 aromatic heterocycles. The van der Waals surface area contributed by atoms with Gasteiger partial charge >= 0.3 is 0 Å². The number of fused-ring (bicyclic) bond motifs is 1. The summed E-state index contributed by atoms with van der Waals surface area (Å²) in [4.78, 5) is 9.58. The minimum absolute atomic E-state index is 0.339. The minimum atomic E-state index is -0.339. The number of halogens is 1. The molecule has 0 saturated carbocycles. The summed E-state index contributed by atoms with van der Waals surface area (Å²) in [6, 6.07) is 15.8. The summed E-state index contributed by atoms with van der Waals surface area (Å²) in [6.07, 6.45) is 3.39. The largest absolute Gasteiger partial charge is 0.393 e. The topological polar surface area (TPSA) is 58.0 Å². The fourth-order valence-electron chi connectivity index (χ4n) is 3.49. The van der Waals surface area contributed by atoms with Gasteiger partial charge in [-0.3, -0.25) is 0 Å². The lowest BCUT2D eigenvalue weighted by Crippen LogP contribution is -2.05. The Kier molecular flexibility index (Phi) is 5.10. The highest BCUT2D eigenvalue weighted by Crippen LogP contribution is 2.31. The molecule has 0 amide bonds. The maximum atomic E-state index is 9.53. The van der Waals surface area contributed by atoms with Crippen molar-refractivity contribution in [3.05, 3.63) is 70.4 Å². The lowest BCUT2D eigenvalue weighted by atomic mass is 10.1. The maximum absolute atomic E-state index is 9.53. The van der Waals surface area contributed by atoms with Crippen molar-refractivity contribution in [2.45, 2.75) is 38.7 Å². The van der Waals surface area contributed by atoms with E-state index < -0.39 is 0 Å². The first-order valence-corrected chi connectivity index (χ1v) is 9.66. The Labute approximate surface area is 164 Å². The molecule has 1 atom stereocenters. The SMILES string of the molecule is C[C@H](O)Cc1ccc(Nc2nc(-c3cccc(Cl)c3)nc3c2CCC3)cc1. The van der Waals surface area contributed by atoms with Crippen LogP contribution in [0.5, 0.6) is 0 Å². The van der Waals surface area contributed by atoms with Gasteiger partial charge in [-0.15, -0.1) is 0 Å². The summed E-state index contributed by atoms with van der Waals surface area (Å²) in [5.74, 6) is 1.57. The summed E-state index contributed by atoms with van der Waals surface area (Å²) in [7, 11) is 0. The van der Waals surface area contributed by atoms with Gasteiger partial charge in [0.25, 0.3) is 0 Å². The number of hydrogen-bond donors (Lipinski definition) is 2. The molecule has 0 saturated heterocycles.